The van der Waals surface area contributed by atoms with Crippen molar-refractivity contribution < 1.29 is 4.79 Å². The fourth-order valence-corrected chi connectivity index (χ4v) is 2.01. The van der Waals surface area contributed by atoms with E-state index in [0.717, 1.165) is 24.1 Å². The number of nitrogens with two attached hydrogens (primary N) is 2. The van der Waals surface area contributed by atoms with E-state index in [1.54, 1.807) is 4.90 Å². The van der Waals surface area contributed by atoms with Crippen molar-refractivity contribution in [1.82, 2.24) is 0 Å². The summed E-state index contributed by atoms with van der Waals surface area (Å²) in [6, 6.07) is 5.56. The molecule has 1 heterocycles. The fraction of sp³-hybridized carbons (Fsp3) is 0.364. The Bertz CT molecular complexity index is 389. The third kappa shape index (κ3) is 1.80. The molecule has 0 bridgehead atoms. The van der Waals surface area contributed by atoms with Crippen LogP contribution in [-0.2, 0) is 13.0 Å². The lowest BCUT2D eigenvalue weighted by atomic mass is 9.99. The molecule has 4 nitrogen and oxygen atoms in total. The topological polar surface area (TPSA) is 72.3 Å². The van der Waals surface area contributed by atoms with Gasteiger partial charge in [0.1, 0.15) is 0 Å². The number of fused-ring (bicyclic) bond motifs is 1. The predicted molar refractivity (Wildman–Crippen MR) is 59.6 cm³/mol. The molecule has 0 radical (unpaired) electrons. The SMILES string of the molecule is NCc1ccc2c(c1)CCCN2C(N)=O. The van der Waals surface area contributed by atoms with Crippen molar-refractivity contribution in [1.29, 1.82) is 0 Å². The molecule has 0 unspecified atom stereocenters. The van der Waals surface area contributed by atoms with Gasteiger partial charge in [-0.3, -0.25) is 4.90 Å². The van der Waals surface area contributed by atoms with E-state index in [1.807, 2.05) is 12.1 Å². The third-order valence-electron chi connectivity index (χ3n) is 2.76. The molecule has 1 aliphatic heterocycles. The lowest BCUT2D eigenvalue weighted by molar-refractivity contribution is 0.253. The standard InChI is InChI=1S/C11H15N3O/c12-7-8-3-4-10-9(6-8)2-1-5-14(10)11(13)15/h3-4,6H,1-2,5,7,12H2,(H2,13,15). The van der Waals surface area contributed by atoms with Crippen LogP contribution in [0.2, 0.25) is 0 Å². The van der Waals surface area contributed by atoms with Gasteiger partial charge in [0.05, 0.1) is 0 Å². The molecular formula is C11H15N3O. The van der Waals surface area contributed by atoms with Crippen LogP contribution < -0.4 is 16.4 Å². The maximum Gasteiger partial charge on any atom is 0.319 e. The molecule has 0 saturated carbocycles. The van der Waals surface area contributed by atoms with E-state index in [2.05, 4.69) is 6.07 Å². The van der Waals surface area contributed by atoms with Crippen molar-refractivity contribution in [3.63, 3.8) is 0 Å². The molecule has 2 rings (SSSR count). The van der Waals surface area contributed by atoms with E-state index in [4.69, 9.17) is 11.5 Å². The van der Waals surface area contributed by atoms with Crippen molar-refractivity contribution in [2.75, 3.05) is 11.4 Å². The Morgan fingerprint density at radius 2 is 2.27 bits per heavy atom. The van der Waals surface area contributed by atoms with Gasteiger partial charge < -0.3 is 11.5 Å². The van der Waals surface area contributed by atoms with Gasteiger partial charge in [-0.2, -0.15) is 0 Å². The molecule has 80 valence electrons. The van der Waals surface area contributed by atoms with Gasteiger partial charge in [-0.1, -0.05) is 12.1 Å². The van der Waals surface area contributed by atoms with Gasteiger partial charge in [0.15, 0.2) is 0 Å². The largest absolute Gasteiger partial charge is 0.351 e. The van der Waals surface area contributed by atoms with Crippen molar-refractivity contribution in [2.45, 2.75) is 19.4 Å². The summed E-state index contributed by atoms with van der Waals surface area (Å²) >= 11 is 0. The molecule has 4 heteroatoms. The minimum Gasteiger partial charge on any atom is -0.351 e. The summed E-state index contributed by atoms with van der Waals surface area (Å²) in [6.07, 6.45) is 1.96. The minimum atomic E-state index is -0.378. The number of amides is 2. The minimum absolute atomic E-state index is 0.378. The van der Waals surface area contributed by atoms with E-state index in [1.165, 1.54) is 5.56 Å². The van der Waals surface area contributed by atoms with Crippen LogP contribution in [0.15, 0.2) is 18.2 Å². The summed E-state index contributed by atoms with van der Waals surface area (Å²) in [6.45, 7) is 1.24. The highest BCUT2D eigenvalue weighted by Crippen LogP contribution is 2.27. The third-order valence-corrected chi connectivity index (χ3v) is 2.76. The lowest BCUT2D eigenvalue weighted by Crippen LogP contribution is -2.39. The number of carbonyl (C=O) groups excluding carboxylic acids is 1. The first-order valence-electron chi connectivity index (χ1n) is 5.11. The normalized spacial score (nSPS) is 14.9. The summed E-state index contributed by atoms with van der Waals surface area (Å²) in [5.74, 6) is 0. The Kier molecular flexibility index (Phi) is 2.60. The summed E-state index contributed by atoms with van der Waals surface area (Å²) < 4.78 is 0. The van der Waals surface area contributed by atoms with Crippen LogP contribution in [0.25, 0.3) is 0 Å². The fourth-order valence-electron chi connectivity index (χ4n) is 2.01. The number of hydrogen-bond acceptors (Lipinski definition) is 2. The van der Waals surface area contributed by atoms with Crippen molar-refractivity contribution in [2.24, 2.45) is 11.5 Å². The highest BCUT2D eigenvalue weighted by molar-refractivity contribution is 5.92. The Morgan fingerprint density at radius 1 is 1.47 bits per heavy atom. The van der Waals surface area contributed by atoms with Crippen LogP contribution in [0.3, 0.4) is 0 Å². The molecule has 0 aromatic heterocycles. The van der Waals surface area contributed by atoms with Gasteiger partial charge in [0.25, 0.3) is 0 Å². The number of benzene rings is 1. The molecule has 15 heavy (non-hydrogen) atoms. The highest BCUT2D eigenvalue weighted by atomic mass is 16.2. The maximum absolute atomic E-state index is 11.2. The number of rotatable bonds is 1. The molecule has 0 saturated heterocycles. The van der Waals surface area contributed by atoms with E-state index in [9.17, 15) is 4.79 Å². The van der Waals surface area contributed by atoms with Gasteiger partial charge >= 0.3 is 6.03 Å². The van der Waals surface area contributed by atoms with Crippen LogP contribution >= 0.6 is 0 Å². The first-order chi connectivity index (χ1) is 7.22. The van der Waals surface area contributed by atoms with E-state index < -0.39 is 0 Å². The zero-order valence-corrected chi connectivity index (χ0v) is 8.57. The smallest absolute Gasteiger partial charge is 0.319 e. The molecular weight excluding hydrogens is 190 g/mol. The van der Waals surface area contributed by atoms with Gasteiger partial charge in [-0.15, -0.1) is 0 Å². The number of hydrogen-bond donors (Lipinski definition) is 2. The second-order valence-corrected chi connectivity index (χ2v) is 3.76. The van der Waals surface area contributed by atoms with Crippen LogP contribution in [0.1, 0.15) is 17.5 Å². The molecule has 1 aliphatic rings. The molecule has 0 atom stereocenters. The van der Waals surface area contributed by atoms with Crippen LogP contribution in [0.4, 0.5) is 10.5 Å². The molecule has 2 amide bonds. The Balaban J connectivity index is 2.40. The zero-order valence-electron chi connectivity index (χ0n) is 8.57. The summed E-state index contributed by atoms with van der Waals surface area (Å²) in [4.78, 5) is 12.8. The van der Waals surface area contributed by atoms with Crippen LogP contribution in [-0.4, -0.2) is 12.6 Å². The first kappa shape index (κ1) is 9.98. The molecule has 4 N–H and O–H groups in total. The number of carbonyl (C=O) groups is 1. The Labute approximate surface area is 88.9 Å². The molecule has 1 aromatic carbocycles. The van der Waals surface area contributed by atoms with Crippen molar-refractivity contribution in [3.8, 4) is 0 Å². The molecule has 0 spiro atoms. The maximum atomic E-state index is 11.2. The number of urea groups is 1. The van der Waals surface area contributed by atoms with Gasteiger partial charge in [0.2, 0.25) is 0 Å². The van der Waals surface area contributed by atoms with Gasteiger partial charge in [-0.05, 0) is 30.0 Å². The summed E-state index contributed by atoms with van der Waals surface area (Å²) in [7, 11) is 0. The highest BCUT2D eigenvalue weighted by Gasteiger charge is 2.20. The van der Waals surface area contributed by atoms with Gasteiger partial charge in [-0.25, -0.2) is 4.79 Å². The Hall–Kier alpha value is -1.55. The van der Waals surface area contributed by atoms with E-state index in [0.29, 0.717) is 13.1 Å². The summed E-state index contributed by atoms with van der Waals surface area (Å²) in [5, 5.41) is 0. The molecule has 0 fully saturated rings. The lowest BCUT2D eigenvalue weighted by Gasteiger charge is -2.28. The zero-order chi connectivity index (χ0) is 10.8. The Morgan fingerprint density at radius 3 is 2.93 bits per heavy atom. The predicted octanol–water partition coefficient (Wildman–Crippen LogP) is 0.977. The monoisotopic (exact) mass is 205 g/mol. The summed E-state index contributed by atoms with van der Waals surface area (Å²) in [5.41, 5.74) is 14.1. The van der Waals surface area contributed by atoms with E-state index in [-0.39, 0.29) is 6.03 Å². The van der Waals surface area contributed by atoms with Gasteiger partial charge in [0, 0.05) is 18.8 Å². The number of nitrogens with zero attached hydrogens (tertiary/aromatic N) is 1. The number of anilines is 1. The van der Waals surface area contributed by atoms with Crippen molar-refractivity contribution in [3.05, 3.63) is 29.3 Å². The van der Waals surface area contributed by atoms with E-state index >= 15 is 0 Å². The van der Waals surface area contributed by atoms with Crippen LogP contribution in [0.5, 0.6) is 0 Å². The number of primary amides is 1. The number of aryl methyl sites for hydroxylation is 1. The average molecular weight is 205 g/mol. The van der Waals surface area contributed by atoms with Crippen LogP contribution in [0, 0.1) is 0 Å². The quantitative estimate of drug-likeness (QED) is 0.717. The first-order valence-corrected chi connectivity index (χ1v) is 5.11. The van der Waals surface area contributed by atoms with Crippen molar-refractivity contribution >= 4 is 11.7 Å². The second kappa shape index (κ2) is 3.90. The molecule has 0 aliphatic carbocycles. The molecule has 1 aromatic rings. The second-order valence-electron chi connectivity index (χ2n) is 3.76. The average Bonchev–Trinajstić information content (AvgIpc) is 2.27.